The van der Waals surface area contributed by atoms with Crippen LogP contribution in [0.25, 0.3) is 0 Å². The Morgan fingerprint density at radius 3 is 2.43 bits per heavy atom. The molecule has 0 fully saturated rings. The molecule has 0 aromatic rings. The molecule has 0 aliphatic rings. The van der Waals surface area contributed by atoms with Crippen LogP contribution in [0.2, 0.25) is 0 Å². The normalized spacial score (nSPS) is 10.9. The molecule has 7 heavy (non-hydrogen) atoms. The highest BCUT2D eigenvalue weighted by molar-refractivity contribution is 5.71. The molecule has 2 nitrogen and oxygen atoms in total. The average Bonchev–Trinajstić information content (AvgIpc) is 1.68. The predicted molar refractivity (Wildman–Crippen MR) is 28.9 cm³/mol. The van der Waals surface area contributed by atoms with Crippen molar-refractivity contribution in [3.63, 3.8) is 0 Å². The minimum atomic E-state index is 0.711. The van der Waals surface area contributed by atoms with Crippen molar-refractivity contribution in [2.45, 2.75) is 6.92 Å². The number of hydrogen-bond acceptors (Lipinski definition) is 2. The lowest BCUT2D eigenvalue weighted by atomic mass is 10.4. The van der Waals surface area contributed by atoms with Crippen LogP contribution in [0.3, 0.4) is 0 Å². The van der Waals surface area contributed by atoms with E-state index in [1.54, 1.807) is 20.2 Å². The van der Waals surface area contributed by atoms with E-state index >= 15 is 0 Å². The number of hydrogen-bond donors (Lipinski definition) is 1. The first kappa shape index (κ1) is 6.21. The van der Waals surface area contributed by atoms with Crippen molar-refractivity contribution < 1.29 is 4.79 Å². The third-order valence-electron chi connectivity index (χ3n) is 0.558. The Morgan fingerprint density at radius 1 is 1.71 bits per heavy atom. The quantitative estimate of drug-likeness (QED) is 0.398. The Labute approximate surface area is 43.2 Å². The number of nitrogens with one attached hydrogen (secondary N) is 1. The molecule has 0 aliphatic carbocycles. The van der Waals surface area contributed by atoms with E-state index in [1.165, 1.54) is 0 Å². The van der Waals surface area contributed by atoms with Crippen LogP contribution in [-0.2, 0) is 4.79 Å². The minimum absolute atomic E-state index is 0.711. The molecule has 2 heteroatoms. The summed E-state index contributed by atoms with van der Waals surface area (Å²) in [6, 6.07) is 0. The largest absolute Gasteiger partial charge is 0.394 e. The zero-order valence-corrected chi connectivity index (χ0v) is 4.56. The third-order valence-corrected chi connectivity index (χ3v) is 0.558. The molecule has 0 aromatic heterocycles. The fourth-order valence-electron chi connectivity index (χ4n) is 0.262. The molecule has 0 unspecified atom stereocenters. The molecule has 0 heterocycles. The van der Waals surface area contributed by atoms with E-state index < -0.39 is 0 Å². The molecule has 0 atom stereocenters. The maximum atomic E-state index is 9.79. The fraction of sp³-hybridized carbons (Fsp3) is 0.400. The van der Waals surface area contributed by atoms with Gasteiger partial charge in [0.1, 0.15) is 6.29 Å². The Bertz CT molecular complexity index is 86.1. The number of carbonyl (C=O) groups is 1. The summed E-state index contributed by atoms with van der Waals surface area (Å²) in [4.78, 5) is 9.79. The van der Waals surface area contributed by atoms with E-state index in [4.69, 9.17) is 0 Å². The van der Waals surface area contributed by atoms with Crippen LogP contribution in [0, 0.1) is 0 Å². The predicted octanol–water partition coefficient (Wildman–Crippen LogP) is 0.309. The van der Waals surface area contributed by atoms with Gasteiger partial charge in [-0.2, -0.15) is 0 Å². The number of aldehydes is 1. The zero-order chi connectivity index (χ0) is 5.70. The van der Waals surface area contributed by atoms with Gasteiger partial charge in [0.05, 0.1) is 0 Å². The van der Waals surface area contributed by atoms with Crippen LogP contribution in [-0.4, -0.2) is 13.3 Å². The van der Waals surface area contributed by atoms with Crippen LogP contribution in [0.1, 0.15) is 6.92 Å². The highest BCUT2D eigenvalue weighted by atomic mass is 16.1. The van der Waals surface area contributed by atoms with E-state index in [2.05, 4.69) is 5.32 Å². The summed E-state index contributed by atoms with van der Waals surface area (Å²) >= 11 is 0. The summed E-state index contributed by atoms with van der Waals surface area (Å²) in [5, 5.41) is 2.73. The van der Waals surface area contributed by atoms with Crippen LogP contribution in [0.4, 0.5) is 0 Å². The standard InChI is InChI=1S/C5H9NO/c1-5(4-7)3-6-2/h3-4,6H,1-2H3. The summed E-state index contributed by atoms with van der Waals surface area (Å²) < 4.78 is 0. The second-order valence-corrected chi connectivity index (χ2v) is 1.29. The van der Waals surface area contributed by atoms with E-state index in [0.29, 0.717) is 5.57 Å². The molecular formula is C5H9NO. The van der Waals surface area contributed by atoms with Crippen molar-refractivity contribution in [2.75, 3.05) is 7.05 Å². The van der Waals surface area contributed by atoms with E-state index in [9.17, 15) is 4.79 Å². The van der Waals surface area contributed by atoms with Crippen molar-refractivity contribution in [1.82, 2.24) is 5.32 Å². The monoisotopic (exact) mass is 99.1 g/mol. The summed E-state index contributed by atoms with van der Waals surface area (Å²) in [7, 11) is 1.76. The van der Waals surface area contributed by atoms with E-state index in [1.807, 2.05) is 0 Å². The van der Waals surface area contributed by atoms with E-state index in [0.717, 1.165) is 6.29 Å². The molecule has 0 radical (unpaired) electrons. The Kier molecular flexibility index (Phi) is 3.02. The van der Waals surface area contributed by atoms with Gasteiger partial charge in [-0.3, -0.25) is 4.79 Å². The molecule has 40 valence electrons. The Hall–Kier alpha value is -0.790. The molecule has 0 rings (SSSR count). The topological polar surface area (TPSA) is 29.1 Å². The summed E-state index contributed by atoms with van der Waals surface area (Å²) in [5.41, 5.74) is 0.711. The lowest BCUT2D eigenvalue weighted by Gasteiger charge is -1.84. The molecule has 0 amide bonds. The SMILES string of the molecule is CNC=C(C)C=O. The fourth-order valence-corrected chi connectivity index (χ4v) is 0.262. The highest BCUT2D eigenvalue weighted by Gasteiger charge is 1.75. The third kappa shape index (κ3) is 3.03. The molecule has 0 aromatic carbocycles. The molecule has 0 spiro atoms. The number of carbonyl (C=O) groups excluding carboxylic acids is 1. The molecule has 0 bridgehead atoms. The zero-order valence-electron chi connectivity index (χ0n) is 4.56. The van der Waals surface area contributed by atoms with Crippen LogP contribution in [0.15, 0.2) is 11.8 Å². The molecule has 0 saturated heterocycles. The molecule has 0 aliphatic heterocycles. The Morgan fingerprint density at radius 2 is 2.29 bits per heavy atom. The van der Waals surface area contributed by atoms with Gasteiger partial charge in [-0.1, -0.05) is 0 Å². The van der Waals surface area contributed by atoms with Gasteiger partial charge in [0.2, 0.25) is 0 Å². The van der Waals surface area contributed by atoms with Gasteiger partial charge in [-0.15, -0.1) is 0 Å². The van der Waals surface area contributed by atoms with Gasteiger partial charge < -0.3 is 5.32 Å². The van der Waals surface area contributed by atoms with Gasteiger partial charge >= 0.3 is 0 Å². The van der Waals surface area contributed by atoms with Crippen molar-refractivity contribution in [2.24, 2.45) is 0 Å². The van der Waals surface area contributed by atoms with Gasteiger partial charge in [-0.25, -0.2) is 0 Å². The summed E-state index contributed by atoms with van der Waals surface area (Å²) in [6.45, 7) is 1.74. The van der Waals surface area contributed by atoms with Gasteiger partial charge in [-0.05, 0) is 6.92 Å². The van der Waals surface area contributed by atoms with Crippen LogP contribution >= 0.6 is 0 Å². The highest BCUT2D eigenvalue weighted by Crippen LogP contribution is 1.78. The van der Waals surface area contributed by atoms with Crippen molar-refractivity contribution in [3.8, 4) is 0 Å². The smallest absolute Gasteiger partial charge is 0.147 e. The van der Waals surface area contributed by atoms with Gasteiger partial charge in [0, 0.05) is 18.8 Å². The van der Waals surface area contributed by atoms with E-state index in [-0.39, 0.29) is 0 Å². The van der Waals surface area contributed by atoms with Gasteiger partial charge in [0.25, 0.3) is 0 Å². The minimum Gasteiger partial charge on any atom is -0.394 e. The maximum Gasteiger partial charge on any atom is 0.147 e. The summed E-state index contributed by atoms with van der Waals surface area (Å²) in [5.74, 6) is 0. The van der Waals surface area contributed by atoms with Crippen molar-refractivity contribution >= 4 is 6.29 Å². The van der Waals surface area contributed by atoms with Crippen LogP contribution < -0.4 is 5.32 Å². The van der Waals surface area contributed by atoms with Crippen molar-refractivity contribution in [1.29, 1.82) is 0 Å². The maximum absolute atomic E-state index is 9.79. The first-order valence-corrected chi connectivity index (χ1v) is 2.10. The second-order valence-electron chi connectivity index (χ2n) is 1.29. The van der Waals surface area contributed by atoms with Gasteiger partial charge in [0.15, 0.2) is 0 Å². The first-order chi connectivity index (χ1) is 3.31. The molecule has 0 saturated carbocycles. The lowest BCUT2D eigenvalue weighted by molar-refractivity contribution is -0.104. The average molecular weight is 99.1 g/mol. The van der Waals surface area contributed by atoms with Crippen LogP contribution in [0.5, 0.6) is 0 Å². The van der Waals surface area contributed by atoms with Crippen molar-refractivity contribution in [3.05, 3.63) is 11.8 Å². The summed E-state index contributed by atoms with van der Waals surface area (Å²) in [6.07, 6.45) is 2.45. The lowest BCUT2D eigenvalue weighted by Crippen LogP contribution is -1.94. The first-order valence-electron chi connectivity index (χ1n) is 2.10. The Balaban J connectivity index is 3.49. The molecule has 1 N–H and O–H groups in total. The number of allylic oxidation sites excluding steroid dienone is 1. The second kappa shape index (κ2) is 3.40. The number of rotatable bonds is 2. The molecular weight excluding hydrogens is 90.1 g/mol.